The van der Waals surface area contributed by atoms with Crippen LogP contribution in [0.2, 0.25) is 0 Å². The number of aliphatic hydroxyl groups is 18. The maximum atomic E-state index is 13.6. The molecule has 0 radical (unpaired) electrons. The number of carbonyl (C=O) groups is 4. The van der Waals surface area contributed by atoms with E-state index >= 15 is 0 Å². The Morgan fingerprint density at radius 2 is 0.904 bits per heavy atom. The van der Waals surface area contributed by atoms with Crippen molar-refractivity contribution < 1.29 is 173 Å². The quantitative estimate of drug-likeness (QED) is 0.0214. The molecule has 6 fully saturated rings. The summed E-state index contributed by atoms with van der Waals surface area (Å²) >= 11 is 0. The summed E-state index contributed by atoms with van der Waals surface area (Å²) in [6.45, 7) is 1.48. The van der Waals surface area contributed by atoms with Crippen LogP contribution in [0.3, 0.4) is 0 Å². The molecule has 6 aliphatic rings. The molecule has 0 saturated carbocycles. The number of amides is 3. The third-order valence-electron chi connectivity index (χ3n) is 22.2. The number of aliphatic hydroxyl groups excluding tert-OH is 18. The van der Waals surface area contributed by atoms with Gasteiger partial charge in [0.15, 0.2) is 31.5 Å². The van der Waals surface area contributed by atoms with Crippen LogP contribution in [0.4, 0.5) is 0 Å². The third kappa shape index (κ3) is 29.3. The van der Waals surface area contributed by atoms with Gasteiger partial charge in [0.05, 0.1) is 70.0 Å². The van der Waals surface area contributed by atoms with Crippen LogP contribution in [0, 0.1) is 0 Å². The lowest BCUT2D eigenvalue weighted by Crippen LogP contribution is -2.72. The Kier molecular flexibility index (Phi) is 44.8. The summed E-state index contributed by atoms with van der Waals surface area (Å²) in [4.78, 5) is 52.7. The van der Waals surface area contributed by atoms with Gasteiger partial charge < -0.3 is 170 Å². The monoisotopic (exact) mass is 1660 g/mol. The standard InChI is InChI=1S/C77H137N3O35/c1-6-8-10-12-14-16-18-20-22-24-26-28-30-32-45(88)44(80-52(91)33-31-29-27-25-23-21-19-17-15-13-11-9-7-2)40-104-72-62(99)60(97)65(50(38-84)109-72)110-74-63(100)69(57(94)48(36-82)106-74)113-71-54(79-43(5)87)68(112-73-61(98)59(96)55(92)41(3)105-73)66(51(39-85)108-71)111-75-64(101)70(58(95)49(37-83)107-75)115-77(76(102)103)34-46(89)53(78-42(4)86)67(114-77)56(93)47(90)35-81/h30,32,41,44-51,53-75,81-85,88-90,92-101H,6-29,31,33-40H2,1-5H3,(H,78,86)(H,79,87)(H,80,91)(H,102,103)/b32-30+/t41-,44-,45+,46-,47+,48+,49+,50+,51+,53+,54+,55+,56+,57-,58-,59+,60+,61-,62+,63+,64+,65+,66+,67+,68+,69-,70-,71-,72+,73-,74-,75-,77-/m0/s1. The zero-order valence-corrected chi connectivity index (χ0v) is 67.0. The number of hydrogen-bond donors (Lipinski definition) is 22. The van der Waals surface area contributed by atoms with Crippen molar-refractivity contribution in [2.24, 2.45) is 0 Å². The highest BCUT2D eigenvalue weighted by atomic mass is 16.8. The first kappa shape index (κ1) is 100. The molecule has 0 aliphatic carbocycles. The molecule has 0 aromatic carbocycles. The van der Waals surface area contributed by atoms with Crippen LogP contribution < -0.4 is 16.0 Å². The Balaban J connectivity index is 1.21. The van der Waals surface area contributed by atoms with Crippen molar-refractivity contribution in [2.75, 3.05) is 39.6 Å². The van der Waals surface area contributed by atoms with Gasteiger partial charge in [-0.15, -0.1) is 0 Å². The van der Waals surface area contributed by atoms with Crippen molar-refractivity contribution in [1.29, 1.82) is 0 Å². The highest BCUT2D eigenvalue weighted by Crippen LogP contribution is 2.41. The van der Waals surface area contributed by atoms with Crippen LogP contribution in [0.5, 0.6) is 0 Å². The molecule has 6 heterocycles. The number of unbranched alkanes of at least 4 members (excludes halogenated alkanes) is 23. The zero-order chi connectivity index (χ0) is 84.6. The van der Waals surface area contributed by atoms with E-state index in [2.05, 4.69) is 29.8 Å². The van der Waals surface area contributed by atoms with Gasteiger partial charge in [-0.25, -0.2) is 4.79 Å². The van der Waals surface area contributed by atoms with Crippen molar-refractivity contribution >= 4 is 23.7 Å². The average molecular weight is 1660 g/mol. The van der Waals surface area contributed by atoms with Crippen molar-refractivity contribution in [1.82, 2.24) is 16.0 Å². The fourth-order valence-corrected chi connectivity index (χ4v) is 15.4. The van der Waals surface area contributed by atoms with Gasteiger partial charge >= 0.3 is 5.97 Å². The number of rotatable bonds is 52. The van der Waals surface area contributed by atoms with Crippen LogP contribution in [0.1, 0.15) is 208 Å². The number of carboxylic acid groups (broad SMARTS) is 1. The molecular weight excluding hydrogens is 1530 g/mol. The maximum absolute atomic E-state index is 13.6. The summed E-state index contributed by atoms with van der Waals surface area (Å²) in [5.74, 6) is -7.57. The van der Waals surface area contributed by atoms with Crippen molar-refractivity contribution in [3.05, 3.63) is 12.2 Å². The van der Waals surface area contributed by atoms with Gasteiger partial charge in [0.25, 0.3) is 5.79 Å². The fourth-order valence-electron chi connectivity index (χ4n) is 15.4. The minimum absolute atomic E-state index is 0.151. The molecule has 0 aromatic heterocycles. The highest BCUT2D eigenvalue weighted by molar-refractivity contribution is 5.77. The molecule has 0 spiro atoms. The van der Waals surface area contributed by atoms with Crippen LogP contribution >= 0.6 is 0 Å². The Bertz CT molecular complexity index is 2780. The predicted octanol–water partition coefficient (Wildman–Crippen LogP) is -2.97. The van der Waals surface area contributed by atoms with Crippen molar-refractivity contribution in [2.45, 2.75) is 410 Å². The van der Waals surface area contributed by atoms with E-state index in [1.54, 1.807) is 6.08 Å². The summed E-state index contributed by atoms with van der Waals surface area (Å²) in [6, 6.07) is -4.81. The van der Waals surface area contributed by atoms with Crippen LogP contribution in [-0.2, 0) is 76.0 Å². The molecule has 33 atom stereocenters. The van der Waals surface area contributed by atoms with Crippen molar-refractivity contribution in [3.63, 3.8) is 0 Å². The number of carboxylic acids is 1. The topological polar surface area (TPSA) is 600 Å². The largest absolute Gasteiger partial charge is 0.477 e. The summed E-state index contributed by atoms with van der Waals surface area (Å²) in [5.41, 5.74) is 0. The molecule has 3 amide bonds. The lowest BCUT2D eigenvalue weighted by Gasteiger charge is -2.52. The van der Waals surface area contributed by atoms with Gasteiger partial charge in [0.2, 0.25) is 17.7 Å². The second-order valence-electron chi connectivity index (χ2n) is 31.4. The number of aliphatic carboxylic acids is 1. The molecule has 0 aromatic rings. The molecule has 6 aliphatic heterocycles. The first-order chi connectivity index (χ1) is 55.0. The predicted molar refractivity (Wildman–Crippen MR) is 400 cm³/mol. The second-order valence-corrected chi connectivity index (χ2v) is 31.4. The van der Waals surface area contributed by atoms with Gasteiger partial charge in [-0.1, -0.05) is 167 Å². The third-order valence-corrected chi connectivity index (χ3v) is 22.2. The smallest absolute Gasteiger partial charge is 0.364 e. The molecule has 22 N–H and O–H groups in total. The average Bonchev–Trinajstić information content (AvgIpc) is 0.730. The Morgan fingerprint density at radius 1 is 0.470 bits per heavy atom. The molecule has 670 valence electrons. The summed E-state index contributed by atoms with van der Waals surface area (Å²) in [7, 11) is 0. The maximum Gasteiger partial charge on any atom is 0.364 e. The summed E-state index contributed by atoms with van der Waals surface area (Å²) in [5, 5.41) is 221. The van der Waals surface area contributed by atoms with E-state index in [1.165, 1.54) is 96.8 Å². The molecule has 0 bridgehead atoms. The fraction of sp³-hybridized carbons (Fsp3) is 0.922. The number of allylic oxidation sites excluding steroid dienone is 1. The molecule has 0 unspecified atom stereocenters. The van der Waals surface area contributed by atoms with Gasteiger partial charge in [-0.05, 0) is 26.2 Å². The number of ether oxygens (including phenoxy) is 12. The van der Waals surface area contributed by atoms with Crippen molar-refractivity contribution in [3.8, 4) is 0 Å². The molecule has 6 rings (SSSR count). The summed E-state index contributed by atoms with van der Waals surface area (Å²) < 4.78 is 72.1. The molecule has 115 heavy (non-hydrogen) atoms. The first-order valence-electron chi connectivity index (χ1n) is 41.5. The number of hydrogen-bond acceptors (Lipinski definition) is 34. The number of nitrogens with one attached hydrogen (secondary N) is 3. The van der Waals surface area contributed by atoms with Gasteiger partial charge in [0, 0.05) is 26.7 Å². The van der Waals surface area contributed by atoms with E-state index in [1.807, 2.05) is 6.08 Å². The second kappa shape index (κ2) is 51.4. The SMILES string of the molecule is CCCCCCCCCCCCC/C=C/[C@@H](O)[C@H](CO[C@@H]1O[C@H](CO)[C@@H](O[C@@H]2O[C@H](CO)[C@H](O)[C@H](O[C@@H]3O[C@H](CO)[C@@H](O[C@@H]4O[C@H](CO)[C@H](O)[C@H](O[C@]5(C(=O)O)C[C@H](O)[C@@H](NC(C)=O)[C@H]([C@H](O)[C@H](O)CO)O5)[C@H]4O)[C@H](O[C@@H]4O[C@@H](C)[C@@H](O)[C@@H](O)[C@@H]4O)[C@H]3NC(C)=O)[C@H]2O)[C@H](O)[C@H]1O)NC(=O)CCCCCCCCCCCCCCC. The Morgan fingerprint density at radius 3 is 1.42 bits per heavy atom. The number of carbonyl (C=O) groups excluding carboxylic acids is 3. The van der Waals surface area contributed by atoms with E-state index in [0.29, 0.717) is 12.8 Å². The van der Waals surface area contributed by atoms with E-state index in [0.717, 1.165) is 71.6 Å². The van der Waals surface area contributed by atoms with E-state index in [4.69, 9.17) is 56.8 Å². The summed E-state index contributed by atoms with van der Waals surface area (Å²) in [6.07, 6.45) is -29.0. The molecule has 38 heteroatoms. The van der Waals surface area contributed by atoms with Crippen LogP contribution in [0.15, 0.2) is 12.2 Å². The minimum atomic E-state index is -3.27. The van der Waals surface area contributed by atoms with Gasteiger partial charge in [-0.3, -0.25) is 14.4 Å². The lowest BCUT2D eigenvalue weighted by atomic mass is 9.88. The van der Waals surface area contributed by atoms with Crippen LogP contribution in [0.25, 0.3) is 0 Å². The van der Waals surface area contributed by atoms with Crippen LogP contribution in [-0.4, -0.2) is 362 Å². The molecule has 6 saturated heterocycles. The minimum Gasteiger partial charge on any atom is -0.477 e. The normalized spacial score (nSPS) is 37.1. The molecule has 38 nitrogen and oxygen atoms in total. The van der Waals surface area contributed by atoms with Gasteiger partial charge in [0.1, 0.15) is 134 Å². The first-order valence-corrected chi connectivity index (χ1v) is 41.5. The zero-order valence-electron chi connectivity index (χ0n) is 67.0. The van der Waals surface area contributed by atoms with E-state index in [-0.39, 0.29) is 12.3 Å². The highest BCUT2D eigenvalue weighted by Gasteiger charge is 2.62. The Labute approximate surface area is 671 Å². The van der Waals surface area contributed by atoms with E-state index in [9.17, 15) is 116 Å². The molecular formula is C77H137N3O35. The lowest BCUT2D eigenvalue weighted by molar-refractivity contribution is -0.399. The van der Waals surface area contributed by atoms with E-state index < -0.39 is 266 Å². The van der Waals surface area contributed by atoms with Gasteiger partial charge in [-0.2, -0.15) is 0 Å². The Hall–Kier alpha value is -3.58.